The first kappa shape index (κ1) is 12.4. The summed E-state index contributed by atoms with van der Waals surface area (Å²) in [5.74, 6) is -4.21. The summed E-state index contributed by atoms with van der Waals surface area (Å²) in [5, 5.41) is 13.1. The Hall–Kier alpha value is -1.07. The first-order valence-electron chi connectivity index (χ1n) is 5.63. The van der Waals surface area contributed by atoms with E-state index >= 15 is 0 Å². The topological polar surface area (TPSA) is 32.3 Å². The Morgan fingerprint density at radius 3 is 2.65 bits per heavy atom. The quantitative estimate of drug-likeness (QED) is 0.782. The van der Waals surface area contributed by atoms with Gasteiger partial charge in [0.25, 0.3) is 0 Å². The van der Waals surface area contributed by atoms with Crippen molar-refractivity contribution in [1.82, 2.24) is 5.32 Å². The van der Waals surface area contributed by atoms with Crippen molar-refractivity contribution in [1.29, 1.82) is 0 Å². The van der Waals surface area contributed by atoms with E-state index in [0.29, 0.717) is 6.54 Å². The van der Waals surface area contributed by atoms with Crippen LogP contribution in [-0.2, 0) is 0 Å². The lowest BCUT2D eigenvalue weighted by atomic mass is 9.89. The van der Waals surface area contributed by atoms with Crippen molar-refractivity contribution in [3.05, 3.63) is 35.1 Å². The molecule has 1 fully saturated rings. The summed E-state index contributed by atoms with van der Waals surface area (Å²) >= 11 is 0. The van der Waals surface area contributed by atoms with Gasteiger partial charge in [0, 0.05) is 18.0 Å². The number of aliphatic hydroxyl groups is 1. The van der Waals surface area contributed by atoms with E-state index in [9.17, 15) is 18.3 Å². The molecule has 0 saturated carbocycles. The summed E-state index contributed by atoms with van der Waals surface area (Å²) in [6, 6.07) is 1.94. The number of hydrogen-bond acceptors (Lipinski definition) is 2. The van der Waals surface area contributed by atoms with E-state index in [2.05, 4.69) is 5.32 Å². The van der Waals surface area contributed by atoms with Gasteiger partial charge < -0.3 is 10.4 Å². The molecular weight excluding hydrogens is 231 g/mol. The van der Waals surface area contributed by atoms with E-state index in [1.54, 1.807) is 0 Å². The number of halogens is 3. The zero-order chi connectivity index (χ0) is 12.4. The molecule has 1 aliphatic heterocycles. The molecule has 94 valence electrons. The maximum Gasteiger partial charge on any atom is 0.194 e. The van der Waals surface area contributed by atoms with Crippen LogP contribution in [0.1, 0.15) is 24.5 Å². The molecule has 1 aromatic rings. The third kappa shape index (κ3) is 2.45. The molecule has 0 spiro atoms. The molecule has 0 aliphatic carbocycles. The third-order valence-electron chi connectivity index (χ3n) is 3.17. The minimum Gasteiger partial charge on any atom is -0.388 e. The predicted molar refractivity (Wildman–Crippen MR) is 56.9 cm³/mol. The van der Waals surface area contributed by atoms with Crippen molar-refractivity contribution in [2.24, 2.45) is 5.92 Å². The number of rotatable bonds is 2. The van der Waals surface area contributed by atoms with Crippen LogP contribution in [0.3, 0.4) is 0 Å². The van der Waals surface area contributed by atoms with E-state index < -0.39 is 23.6 Å². The highest BCUT2D eigenvalue weighted by Gasteiger charge is 2.27. The average Bonchev–Trinajstić information content (AvgIpc) is 2.36. The fraction of sp³-hybridized carbons (Fsp3) is 0.500. The molecule has 0 bridgehead atoms. The zero-order valence-electron chi connectivity index (χ0n) is 9.22. The van der Waals surface area contributed by atoms with Gasteiger partial charge >= 0.3 is 0 Å². The standard InChI is InChI=1S/C12H14F3NO/c13-9-4-3-8(10(14)11(9)15)12(17)7-2-1-5-16-6-7/h3-4,7,12,16-17H,1-2,5-6H2. The van der Waals surface area contributed by atoms with Gasteiger partial charge in [-0.05, 0) is 25.5 Å². The largest absolute Gasteiger partial charge is 0.388 e. The van der Waals surface area contributed by atoms with Gasteiger partial charge in [0.2, 0.25) is 0 Å². The van der Waals surface area contributed by atoms with Crippen molar-refractivity contribution in [2.75, 3.05) is 13.1 Å². The average molecular weight is 245 g/mol. The number of benzene rings is 1. The third-order valence-corrected chi connectivity index (χ3v) is 3.17. The van der Waals surface area contributed by atoms with Crippen molar-refractivity contribution < 1.29 is 18.3 Å². The summed E-state index contributed by atoms with van der Waals surface area (Å²) < 4.78 is 39.3. The Bertz CT molecular complexity index is 405. The number of aliphatic hydroxyl groups excluding tert-OH is 1. The van der Waals surface area contributed by atoms with E-state index in [1.807, 2.05) is 0 Å². The zero-order valence-corrected chi connectivity index (χ0v) is 9.22. The lowest BCUT2D eigenvalue weighted by Crippen LogP contribution is -2.33. The van der Waals surface area contributed by atoms with E-state index in [-0.39, 0.29) is 11.5 Å². The van der Waals surface area contributed by atoms with Crippen molar-refractivity contribution >= 4 is 0 Å². The van der Waals surface area contributed by atoms with Gasteiger partial charge in [-0.25, -0.2) is 13.2 Å². The van der Waals surface area contributed by atoms with E-state index in [0.717, 1.165) is 31.5 Å². The van der Waals surface area contributed by atoms with E-state index in [4.69, 9.17) is 0 Å². The molecule has 1 saturated heterocycles. The van der Waals surface area contributed by atoms with Gasteiger partial charge in [0.15, 0.2) is 17.5 Å². The molecule has 2 nitrogen and oxygen atoms in total. The van der Waals surface area contributed by atoms with Crippen molar-refractivity contribution in [2.45, 2.75) is 18.9 Å². The van der Waals surface area contributed by atoms with Crippen LogP contribution in [0.2, 0.25) is 0 Å². The summed E-state index contributed by atoms with van der Waals surface area (Å²) in [6.07, 6.45) is 0.525. The van der Waals surface area contributed by atoms with Crippen LogP contribution in [0.25, 0.3) is 0 Å². The molecule has 0 radical (unpaired) electrons. The highest BCUT2D eigenvalue weighted by atomic mass is 19.2. The number of hydrogen-bond donors (Lipinski definition) is 2. The Morgan fingerprint density at radius 1 is 1.24 bits per heavy atom. The first-order chi connectivity index (χ1) is 8.11. The maximum atomic E-state index is 13.5. The van der Waals surface area contributed by atoms with Crippen LogP contribution in [0, 0.1) is 23.4 Å². The smallest absolute Gasteiger partial charge is 0.194 e. The summed E-state index contributed by atoms with van der Waals surface area (Å²) in [7, 11) is 0. The van der Waals surface area contributed by atoms with Crippen LogP contribution in [-0.4, -0.2) is 18.2 Å². The Balaban J connectivity index is 2.24. The first-order valence-corrected chi connectivity index (χ1v) is 5.63. The van der Waals surface area contributed by atoms with Gasteiger partial charge in [-0.2, -0.15) is 0 Å². The summed E-state index contributed by atoms with van der Waals surface area (Å²) in [6.45, 7) is 1.42. The maximum absolute atomic E-state index is 13.5. The molecule has 0 amide bonds. The fourth-order valence-corrected chi connectivity index (χ4v) is 2.17. The van der Waals surface area contributed by atoms with Crippen LogP contribution in [0.5, 0.6) is 0 Å². The van der Waals surface area contributed by atoms with Gasteiger partial charge in [-0.15, -0.1) is 0 Å². The van der Waals surface area contributed by atoms with Gasteiger partial charge in [-0.1, -0.05) is 6.07 Å². The Morgan fingerprint density at radius 2 is 2.00 bits per heavy atom. The second-order valence-corrected chi connectivity index (χ2v) is 4.32. The number of nitrogens with one attached hydrogen (secondary N) is 1. The molecule has 1 aromatic carbocycles. The monoisotopic (exact) mass is 245 g/mol. The molecule has 1 heterocycles. The molecule has 5 heteroatoms. The number of piperidine rings is 1. The van der Waals surface area contributed by atoms with Crippen LogP contribution in [0.4, 0.5) is 13.2 Å². The SMILES string of the molecule is OC(c1ccc(F)c(F)c1F)C1CCCNC1. The lowest BCUT2D eigenvalue weighted by molar-refractivity contribution is 0.0879. The Kier molecular flexibility index (Phi) is 3.69. The second kappa shape index (κ2) is 5.06. The summed E-state index contributed by atoms with van der Waals surface area (Å²) in [5.41, 5.74) is -0.169. The molecule has 2 rings (SSSR count). The van der Waals surface area contributed by atoms with Gasteiger partial charge in [-0.3, -0.25) is 0 Å². The molecule has 2 unspecified atom stereocenters. The highest BCUT2D eigenvalue weighted by molar-refractivity contribution is 5.23. The predicted octanol–water partition coefficient (Wildman–Crippen LogP) is 2.14. The molecular formula is C12H14F3NO. The molecule has 1 aliphatic rings. The normalized spacial score (nSPS) is 22.5. The highest BCUT2D eigenvalue weighted by Crippen LogP contribution is 2.30. The van der Waals surface area contributed by atoms with E-state index in [1.165, 1.54) is 0 Å². The Labute approximate surface area is 97.5 Å². The van der Waals surface area contributed by atoms with Crippen molar-refractivity contribution in [3.63, 3.8) is 0 Å². The second-order valence-electron chi connectivity index (χ2n) is 4.32. The lowest BCUT2D eigenvalue weighted by Gasteiger charge is -2.27. The van der Waals surface area contributed by atoms with Crippen LogP contribution in [0.15, 0.2) is 12.1 Å². The van der Waals surface area contributed by atoms with Gasteiger partial charge in [0.05, 0.1) is 6.10 Å². The molecule has 2 atom stereocenters. The minimum absolute atomic E-state index is 0.164. The molecule has 0 aromatic heterocycles. The molecule has 17 heavy (non-hydrogen) atoms. The van der Waals surface area contributed by atoms with Crippen LogP contribution < -0.4 is 5.32 Å². The van der Waals surface area contributed by atoms with Crippen LogP contribution >= 0.6 is 0 Å². The summed E-state index contributed by atoms with van der Waals surface area (Å²) in [4.78, 5) is 0. The van der Waals surface area contributed by atoms with Gasteiger partial charge in [0.1, 0.15) is 0 Å². The minimum atomic E-state index is -1.52. The van der Waals surface area contributed by atoms with Crippen molar-refractivity contribution in [3.8, 4) is 0 Å². The molecule has 2 N–H and O–H groups in total. The fourth-order valence-electron chi connectivity index (χ4n) is 2.17.